The van der Waals surface area contributed by atoms with E-state index in [0.717, 1.165) is 11.0 Å². The van der Waals surface area contributed by atoms with Gasteiger partial charge in [0.1, 0.15) is 0 Å². The summed E-state index contributed by atoms with van der Waals surface area (Å²) in [4.78, 5) is 2.38. The first-order valence-electron chi connectivity index (χ1n) is 7.36. The maximum absolute atomic E-state index is 6.10. The highest BCUT2D eigenvalue weighted by Gasteiger charge is 2.19. The highest BCUT2D eigenvalue weighted by atomic mass is 79.9. The number of halogens is 1. The number of anilines is 1. The molecule has 2 aromatic rings. The highest BCUT2D eigenvalue weighted by Crippen LogP contribution is 2.30. The Morgan fingerprint density at radius 1 is 1.10 bits per heavy atom. The van der Waals surface area contributed by atoms with E-state index in [1.165, 1.54) is 22.4 Å². The van der Waals surface area contributed by atoms with Crippen molar-refractivity contribution in [3.8, 4) is 0 Å². The molecule has 0 fully saturated rings. The summed E-state index contributed by atoms with van der Waals surface area (Å²) in [5.74, 6) is 0. The van der Waals surface area contributed by atoms with E-state index in [-0.39, 0.29) is 6.04 Å². The molecule has 2 N–H and O–H groups in total. The molecule has 2 nitrogen and oxygen atoms in total. The third-order valence-electron chi connectivity index (χ3n) is 3.95. The fourth-order valence-electron chi connectivity index (χ4n) is 2.70. The lowest BCUT2D eigenvalue weighted by Crippen LogP contribution is -2.34. The molecule has 21 heavy (non-hydrogen) atoms. The van der Waals surface area contributed by atoms with Gasteiger partial charge in [-0.2, -0.15) is 0 Å². The Kier molecular flexibility index (Phi) is 5.43. The third kappa shape index (κ3) is 3.47. The van der Waals surface area contributed by atoms with Crippen LogP contribution in [0.1, 0.15) is 29.7 Å². The number of likely N-dealkylation sites (N-methyl/N-ethyl adjacent to an activating group) is 1. The molecule has 2 rings (SSSR count). The van der Waals surface area contributed by atoms with Gasteiger partial charge in [0.05, 0.1) is 6.04 Å². The third-order valence-corrected chi connectivity index (χ3v) is 4.80. The predicted molar refractivity (Wildman–Crippen MR) is 94.9 cm³/mol. The molecule has 1 atom stereocenters. The van der Waals surface area contributed by atoms with Crippen LogP contribution >= 0.6 is 15.9 Å². The van der Waals surface area contributed by atoms with Crippen LogP contribution in [0.2, 0.25) is 0 Å². The van der Waals surface area contributed by atoms with E-state index >= 15 is 0 Å². The van der Waals surface area contributed by atoms with E-state index < -0.39 is 0 Å². The van der Waals surface area contributed by atoms with Crippen molar-refractivity contribution in [1.82, 2.24) is 0 Å². The quantitative estimate of drug-likeness (QED) is 0.857. The van der Waals surface area contributed by atoms with Crippen LogP contribution < -0.4 is 10.6 Å². The number of nitrogens with two attached hydrogens (primary N) is 1. The first-order valence-corrected chi connectivity index (χ1v) is 8.16. The average molecular weight is 347 g/mol. The van der Waals surface area contributed by atoms with Gasteiger partial charge in [0.25, 0.3) is 0 Å². The zero-order valence-electron chi connectivity index (χ0n) is 12.9. The number of rotatable bonds is 5. The fraction of sp³-hybridized carbons (Fsp3) is 0.333. The Hall–Kier alpha value is -1.32. The summed E-state index contributed by atoms with van der Waals surface area (Å²) >= 11 is 3.63. The molecular formula is C18H23BrN2. The van der Waals surface area contributed by atoms with Gasteiger partial charge >= 0.3 is 0 Å². The molecule has 0 aromatic heterocycles. The van der Waals surface area contributed by atoms with Gasteiger partial charge in [-0.15, -0.1) is 0 Å². The van der Waals surface area contributed by atoms with E-state index in [1.54, 1.807) is 0 Å². The molecule has 0 aliphatic rings. The van der Waals surface area contributed by atoms with Gasteiger partial charge in [-0.25, -0.2) is 0 Å². The molecule has 0 aliphatic carbocycles. The maximum Gasteiger partial charge on any atom is 0.0665 e. The van der Waals surface area contributed by atoms with E-state index in [1.807, 2.05) is 0 Å². The van der Waals surface area contributed by atoms with Crippen LogP contribution in [0.25, 0.3) is 0 Å². The number of aryl methyl sites for hydroxylation is 2. The monoisotopic (exact) mass is 346 g/mol. The normalized spacial score (nSPS) is 12.2. The molecular weight excluding hydrogens is 324 g/mol. The van der Waals surface area contributed by atoms with Gasteiger partial charge in [0.15, 0.2) is 0 Å². The maximum atomic E-state index is 6.10. The summed E-state index contributed by atoms with van der Waals surface area (Å²) in [6.45, 7) is 7.95. The predicted octanol–water partition coefficient (Wildman–Crippen LogP) is 4.59. The number of benzene rings is 2. The first kappa shape index (κ1) is 16.1. The Bertz CT molecular complexity index is 610. The summed E-state index contributed by atoms with van der Waals surface area (Å²) < 4.78 is 1.14. The van der Waals surface area contributed by atoms with Crippen LogP contribution in [0.3, 0.4) is 0 Å². The topological polar surface area (TPSA) is 29.3 Å². The Balaban J connectivity index is 2.42. The van der Waals surface area contributed by atoms with Gasteiger partial charge in [0.2, 0.25) is 0 Å². The van der Waals surface area contributed by atoms with Crippen molar-refractivity contribution in [3.05, 3.63) is 63.6 Å². The molecule has 0 heterocycles. The van der Waals surface area contributed by atoms with Crippen molar-refractivity contribution < 1.29 is 0 Å². The molecule has 112 valence electrons. The summed E-state index contributed by atoms with van der Waals surface area (Å²) in [5, 5.41) is 0. The smallest absolute Gasteiger partial charge is 0.0665 e. The van der Waals surface area contributed by atoms with Crippen molar-refractivity contribution in [2.75, 3.05) is 18.0 Å². The SMILES string of the molecule is CCN(c1ccccc1C)C(CN)c1ccc(C)c(Br)c1. The molecule has 0 bridgehead atoms. The highest BCUT2D eigenvalue weighted by molar-refractivity contribution is 9.10. The van der Waals surface area contributed by atoms with Crippen molar-refractivity contribution in [2.45, 2.75) is 26.8 Å². The Morgan fingerprint density at radius 3 is 2.38 bits per heavy atom. The van der Waals surface area contributed by atoms with Crippen LogP contribution in [0.15, 0.2) is 46.9 Å². The van der Waals surface area contributed by atoms with Crippen molar-refractivity contribution in [1.29, 1.82) is 0 Å². The van der Waals surface area contributed by atoms with Gasteiger partial charge < -0.3 is 10.6 Å². The second-order valence-electron chi connectivity index (χ2n) is 5.33. The summed E-state index contributed by atoms with van der Waals surface area (Å²) in [5.41, 5.74) is 11.1. The van der Waals surface area contributed by atoms with Crippen LogP contribution in [-0.2, 0) is 0 Å². The van der Waals surface area contributed by atoms with E-state index in [4.69, 9.17) is 5.73 Å². The van der Waals surface area contributed by atoms with E-state index in [9.17, 15) is 0 Å². The molecule has 0 amide bonds. The molecule has 3 heteroatoms. The summed E-state index contributed by atoms with van der Waals surface area (Å²) in [7, 11) is 0. The number of hydrogen-bond acceptors (Lipinski definition) is 2. The molecule has 0 saturated heterocycles. The second-order valence-corrected chi connectivity index (χ2v) is 6.19. The fourth-order valence-corrected chi connectivity index (χ4v) is 3.10. The second kappa shape index (κ2) is 7.10. The van der Waals surface area contributed by atoms with Crippen LogP contribution in [0, 0.1) is 13.8 Å². The van der Waals surface area contributed by atoms with E-state index in [2.05, 4.69) is 84.1 Å². The van der Waals surface area contributed by atoms with Crippen LogP contribution in [-0.4, -0.2) is 13.1 Å². The molecule has 0 saturated carbocycles. The largest absolute Gasteiger partial charge is 0.363 e. The Morgan fingerprint density at radius 2 is 1.81 bits per heavy atom. The van der Waals surface area contributed by atoms with Gasteiger partial charge in [-0.05, 0) is 49.6 Å². The first-order chi connectivity index (χ1) is 10.1. The zero-order valence-corrected chi connectivity index (χ0v) is 14.5. The zero-order chi connectivity index (χ0) is 15.4. The summed E-state index contributed by atoms with van der Waals surface area (Å²) in [6.07, 6.45) is 0. The molecule has 2 aromatic carbocycles. The average Bonchev–Trinajstić information content (AvgIpc) is 2.49. The number of nitrogens with zero attached hydrogens (tertiary/aromatic N) is 1. The molecule has 1 unspecified atom stereocenters. The van der Waals surface area contributed by atoms with Gasteiger partial charge in [-0.1, -0.05) is 46.3 Å². The minimum Gasteiger partial charge on any atom is -0.363 e. The van der Waals surface area contributed by atoms with Gasteiger partial charge in [-0.3, -0.25) is 0 Å². The van der Waals surface area contributed by atoms with Crippen molar-refractivity contribution in [3.63, 3.8) is 0 Å². The van der Waals surface area contributed by atoms with E-state index in [0.29, 0.717) is 6.54 Å². The standard InChI is InChI=1S/C18H23BrN2/c1-4-21(17-8-6-5-7-14(17)3)18(12-20)15-10-9-13(2)16(19)11-15/h5-11,18H,4,12,20H2,1-3H3. The summed E-state index contributed by atoms with van der Waals surface area (Å²) in [6, 6.07) is 15.2. The number of hydrogen-bond donors (Lipinski definition) is 1. The lowest BCUT2D eigenvalue weighted by Gasteiger charge is -2.33. The molecule has 0 spiro atoms. The van der Waals surface area contributed by atoms with Gasteiger partial charge in [0, 0.05) is 23.2 Å². The lowest BCUT2D eigenvalue weighted by molar-refractivity contribution is 0.641. The molecule has 0 aliphatic heterocycles. The Labute approximate surface area is 136 Å². The van der Waals surface area contributed by atoms with Crippen LogP contribution in [0.5, 0.6) is 0 Å². The lowest BCUT2D eigenvalue weighted by atomic mass is 10.0. The molecule has 0 radical (unpaired) electrons. The van der Waals surface area contributed by atoms with Crippen molar-refractivity contribution in [2.24, 2.45) is 5.73 Å². The van der Waals surface area contributed by atoms with Crippen molar-refractivity contribution >= 4 is 21.6 Å². The van der Waals surface area contributed by atoms with Crippen LogP contribution in [0.4, 0.5) is 5.69 Å². The minimum atomic E-state index is 0.188. The minimum absolute atomic E-state index is 0.188. The number of para-hydroxylation sites is 1.